The molecule has 1 saturated carbocycles. The van der Waals surface area contributed by atoms with Crippen molar-refractivity contribution < 1.29 is 9.53 Å². The van der Waals surface area contributed by atoms with Crippen LogP contribution in [-0.2, 0) is 11.8 Å². The Morgan fingerprint density at radius 2 is 2.40 bits per heavy atom. The maximum atomic E-state index is 11.5. The quantitative estimate of drug-likeness (QED) is 0.712. The summed E-state index contributed by atoms with van der Waals surface area (Å²) >= 11 is 0. The molecule has 0 saturated heterocycles. The summed E-state index contributed by atoms with van der Waals surface area (Å²) in [4.78, 5) is 11.5. The van der Waals surface area contributed by atoms with E-state index in [0.29, 0.717) is 18.2 Å². The Hall–Kier alpha value is -1.32. The zero-order valence-corrected chi connectivity index (χ0v) is 9.19. The second-order valence-corrected chi connectivity index (χ2v) is 3.93. The van der Waals surface area contributed by atoms with Crippen LogP contribution in [0.15, 0.2) is 6.07 Å². The summed E-state index contributed by atoms with van der Waals surface area (Å²) < 4.78 is 6.57. The molecule has 0 bridgehead atoms. The minimum atomic E-state index is -0.280. The highest BCUT2D eigenvalue weighted by molar-refractivity contribution is 5.87. The first-order chi connectivity index (χ1) is 7.22. The molecule has 1 heterocycles. The maximum Gasteiger partial charge on any atom is 0.356 e. The monoisotopic (exact) mass is 208 g/mol. The van der Waals surface area contributed by atoms with Crippen LogP contribution < -0.4 is 0 Å². The molecule has 0 amide bonds. The van der Waals surface area contributed by atoms with Crippen molar-refractivity contribution in [2.24, 2.45) is 7.05 Å². The van der Waals surface area contributed by atoms with Crippen molar-refractivity contribution in [2.75, 3.05) is 6.61 Å². The number of hydrogen-bond donors (Lipinski definition) is 0. The predicted octanol–water partition coefficient (Wildman–Crippen LogP) is 1.86. The summed E-state index contributed by atoms with van der Waals surface area (Å²) in [6.07, 6.45) is 3.66. The van der Waals surface area contributed by atoms with Gasteiger partial charge in [0.15, 0.2) is 0 Å². The van der Waals surface area contributed by atoms with Crippen molar-refractivity contribution in [3.63, 3.8) is 0 Å². The summed E-state index contributed by atoms with van der Waals surface area (Å²) in [5.74, 6) is 0.275. The Morgan fingerprint density at radius 3 is 2.93 bits per heavy atom. The van der Waals surface area contributed by atoms with Crippen molar-refractivity contribution in [1.29, 1.82) is 0 Å². The van der Waals surface area contributed by atoms with Crippen LogP contribution in [0.5, 0.6) is 0 Å². The molecule has 15 heavy (non-hydrogen) atoms. The largest absolute Gasteiger partial charge is 0.461 e. The van der Waals surface area contributed by atoms with E-state index in [-0.39, 0.29) is 5.97 Å². The summed E-state index contributed by atoms with van der Waals surface area (Å²) in [5, 5.41) is 4.35. The number of hydrogen-bond acceptors (Lipinski definition) is 3. The zero-order valence-electron chi connectivity index (χ0n) is 9.19. The van der Waals surface area contributed by atoms with Gasteiger partial charge in [-0.25, -0.2) is 4.79 Å². The molecule has 4 heteroatoms. The summed E-state index contributed by atoms with van der Waals surface area (Å²) in [7, 11) is 1.79. The van der Waals surface area contributed by atoms with E-state index in [1.54, 1.807) is 18.7 Å². The third kappa shape index (κ3) is 1.89. The number of carbonyl (C=O) groups excluding carboxylic acids is 1. The van der Waals surface area contributed by atoms with E-state index in [0.717, 1.165) is 5.69 Å². The van der Waals surface area contributed by atoms with Gasteiger partial charge in [-0.05, 0) is 25.8 Å². The van der Waals surface area contributed by atoms with E-state index in [4.69, 9.17) is 4.74 Å². The Bertz CT molecular complexity index is 367. The third-order valence-corrected chi connectivity index (χ3v) is 2.91. The second kappa shape index (κ2) is 4.04. The van der Waals surface area contributed by atoms with Crippen molar-refractivity contribution in [3.8, 4) is 0 Å². The minimum Gasteiger partial charge on any atom is -0.461 e. The number of esters is 1. The van der Waals surface area contributed by atoms with Gasteiger partial charge in [-0.3, -0.25) is 4.68 Å². The minimum absolute atomic E-state index is 0.280. The lowest BCUT2D eigenvalue weighted by atomic mass is 9.83. The molecule has 0 atom stereocenters. The third-order valence-electron chi connectivity index (χ3n) is 2.91. The van der Waals surface area contributed by atoms with Crippen LogP contribution in [0.4, 0.5) is 0 Å². The molecule has 0 unspecified atom stereocenters. The normalized spacial score (nSPS) is 16.1. The summed E-state index contributed by atoms with van der Waals surface area (Å²) in [5.41, 5.74) is 1.59. The van der Waals surface area contributed by atoms with Gasteiger partial charge < -0.3 is 4.74 Å². The van der Waals surface area contributed by atoms with Gasteiger partial charge in [-0.2, -0.15) is 5.10 Å². The van der Waals surface area contributed by atoms with Crippen LogP contribution in [0.25, 0.3) is 0 Å². The predicted molar refractivity (Wildman–Crippen MR) is 55.8 cm³/mol. The van der Waals surface area contributed by atoms with Crippen molar-refractivity contribution in [3.05, 3.63) is 17.5 Å². The Kier molecular flexibility index (Phi) is 2.75. The lowest BCUT2D eigenvalue weighted by Gasteiger charge is -2.22. The molecule has 1 aromatic rings. The number of carbonyl (C=O) groups is 1. The first kappa shape index (κ1) is 10.2. The van der Waals surface area contributed by atoms with Gasteiger partial charge in [-0.1, -0.05) is 6.42 Å². The second-order valence-electron chi connectivity index (χ2n) is 3.93. The molecule has 0 spiro atoms. The van der Waals surface area contributed by atoms with E-state index >= 15 is 0 Å². The van der Waals surface area contributed by atoms with E-state index in [9.17, 15) is 4.79 Å². The van der Waals surface area contributed by atoms with Crippen molar-refractivity contribution in [2.45, 2.75) is 32.1 Å². The van der Waals surface area contributed by atoms with Crippen molar-refractivity contribution in [1.82, 2.24) is 9.78 Å². The maximum absolute atomic E-state index is 11.5. The topological polar surface area (TPSA) is 44.1 Å². The fourth-order valence-corrected chi connectivity index (χ4v) is 1.79. The van der Waals surface area contributed by atoms with E-state index in [1.165, 1.54) is 19.3 Å². The first-order valence-electron chi connectivity index (χ1n) is 5.43. The highest BCUT2D eigenvalue weighted by Crippen LogP contribution is 2.35. The smallest absolute Gasteiger partial charge is 0.356 e. The van der Waals surface area contributed by atoms with Crippen LogP contribution in [0, 0.1) is 0 Å². The highest BCUT2D eigenvalue weighted by Gasteiger charge is 2.24. The molecule has 4 nitrogen and oxygen atoms in total. The Morgan fingerprint density at radius 1 is 1.67 bits per heavy atom. The molecule has 1 fully saturated rings. The molecule has 0 N–H and O–H groups in total. The van der Waals surface area contributed by atoms with E-state index in [2.05, 4.69) is 5.10 Å². The van der Waals surface area contributed by atoms with Gasteiger partial charge in [0.2, 0.25) is 0 Å². The van der Waals surface area contributed by atoms with Gasteiger partial charge in [-0.15, -0.1) is 0 Å². The average Bonchev–Trinajstić information content (AvgIpc) is 2.44. The number of aromatic nitrogens is 2. The molecule has 2 rings (SSSR count). The fourth-order valence-electron chi connectivity index (χ4n) is 1.79. The molecule has 1 aromatic heterocycles. The lowest BCUT2D eigenvalue weighted by Crippen LogP contribution is -2.10. The molecule has 1 aliphatic carbocycles. The molecule has 0 radical (unpaired) electrons. The zero-order chi connectivity index (χ0) is 10.8. The number of ether oxygens (including phenoxy) is 1. The van der Waals surface area contributed by atoms with Gasteiger partial charge >= 0.3 is 5.97 Å². The molecule has 82 valence electrons. The summed E-state index contributed by atoms with van der Waals surface area (Å²) in [6.45, 7) is 2.21. The molecular formula is C11H16N2O2. The molecular weight excluding hydrogens is 192 g/mol. The van der Waals surface area contributed by atoms with Gasteiger partial charge in [0, 0.05) is 13.0 Å². The first-order valence-corrected chi connectivity index (χ1v) is 5.43. The van der Waals surface area contributed by atoms with Crippen molar-refractivity contribution >= 4 is 5.97 Å². The summed E-state index contributed by atoms with van der Waals surface area (Å²) in [6, 6.07) is 1.86. The van der Waals surface area contributed by atoms with Gasteiger partial charge in [0.05, 0.1) is 12.3 Å². The standard InChI is InChI=1S/C11H16N2O2/c1-3-15-11(14)10-7-9(12-13(10)2)8-5-4-6-8/h7-8H,3-6H2,1-2H3. The number of nitrogens with zero attached hydrogens (tertiary/aromatic N) is 2. The molecule has 0 aromatic carbocycles. The molecule has 1 aliphatic rings. The van der Waals surface area contributed by atoms with E-state index in [1.807, 2.05) is 6.07 Å². The Labute approximate surface area is 89.2 Å². The van der Waals surface area contributed by atoms with Gasteiger partial charge in [0.1, 0.15) is 5.69 Å². The highest BCUT2D eigenvalue weighted by atomic mass is 16.5. The van der Waals surface area contributed by atoms with Crippen LogP contribution in [-0.4, -0.2) is 22.4 Å². The molecule has 0 aliphatic heterocycles. The Balaban J connectivity index is 2.17. The van der Waals surface area contributed by atoms with Crippen LogP contribution in [0.3, 0.4) is 0 Å². The SMILES string of the molecule is CCOC(=O)c1cc(C2CCC2)nn1C. The van der Waals surface area contributed by atoms with Crippen LogP contribution in [0.1, 0.15) is 48.3 Å². The van der Waals surface area contributed by atoms with Crippen LogP contribution >= 0.6 is 0 Å². The van der Waals surface area contributed by atoms with Gasteiger partial charge in [0.25, 0.3) is 0 Å². The fraction of sp³-hybridized carbons (Fsp3) is 0.636. The lowest BCUT2D eigenvalue weighted by molar-refractivity contribution is 0.0513. The average molecular weight is 208 g/mol. The number of aryl methyl sites for hydroxylation is 1. The number of rotatable bonds is 3. The van der Waals surface area contributed by atoms with Crippen LogP contribution in [0.2, 0.25) is 0 Å². The van der Waals surface area contributed by atoms with E-state index < -0.39 is 0 Å².